The smallest absolute Gasteiger partial charge is 0.322 e. The molecule has 0 aliphatic carbocycles. The summed E-state index contributed by atoms with van der Waals surface area (Å²) in [6.45, 7) is 4.06. The quantitative estimate of drug-likeness (QED) is 0.859. The molecule has 0 spiro atoms. The molecule has 5 nitrogen and oxygen atoms in total. The van der Waals surface area contributed by atoms with Crippen molar-refractivity contribution in [2.45, 2.75) is 26.3 Å². The second kappa shape index (κ2) is 6.66. The second-order valence-corrected chi connectivity index (χ2v) is 5.26. The Kier molecular flexibility index (Phi) is 4.88. The first-order valence-electron chi connectivity index (χ1n) is 7.13. The van der Waals surface area contributed by atoms with E-state index in [2.05, 4.69) is 15.4 Å². The van der Waals surface area contributed by atoms with Gasteiger partial charge in [0, 0.05) is 23.5 Å². The van der Waals surface area contributed by atoms with E-state index < -0.39 is 12.0 Å². The second-order valence-electron chi connectivity index (χ2n) is 5.26. The molecule has 0 aliphatic rings. The third kappa shape index (κ3) is 3.14. The lowest BCUT2D eigenvalue weighted by Crippen LogP contribution is -2.33. The highest BCUT2D eigenvalue weighted by atomic mass is 16.5. The van der Waals surface area contributed by atoms with Crippen LogP contribution in [0, 0.1) is 13.8 Å². The lowest BCUT2D eigenvalue weighted by Gasteiger charge is -2.12. The van der Waals surface area contributed by atoms with Crippen molar-refractivity contribution in [2.24, 2.45) is 5.73 Å². The first-order chi connectivity index (χ1) is 10.5. The number of aryl methyl sites for hydroxylation is 1. The summed E-state index contributed by atoms with van der Waals surface area (Å²) in [5.41, 5.74) is 10.1. The molecule has 5 heteroatoms. The monoisotopic (exact) mass is 302 g/mol. The number of rotatable bonds is 5. The van der Waals surface area contributed by atoms with Crippen LogP contribution in [0.3, 0.4) is 0 Å². The number of nitrogens with two attached hydrogens (primary N) is 1. The molecule has 0 saturated heterocycles. The zero-order valence-corrected chi connectivity index (χ0v) is 13.4. The predicted octanol–water partition coefficient (Wildman–Crippen LogP) is 2.15. The molecular formula is C17H22N2O3. The van der Waals surface area contributed by atoms with Gasteiger partial charge in [0.1, 0.15) is 11.8 Å². The van der Waals surface area contributed by atoms with Crippen molar-refractivity contribution in [3.8, 4) is 11.4 Å². The van der Waals surface area contributed by atoms with E-state index in [1.54, 1.807) is 7.11 Å². The number of hydrogen-bond acceptors (Lipinski definition) is 4. The molecule has 0 aliphatic heterocycles. The number of benzene rings is 1. The van der Waals surface area contributed by atoms with Gasteiger partial charge in [-0.1, -0.05) is 0 Å². The number of carbonyl (C=O) groups is 1. The van der Waals surface area contributed by atoms with Gasteiger partial charge in [-0.3, -0.25) is 4.79 Å². The Hall–Kier alpha value is -2.27. The van der Waals surface area contributed by atoms with E-state index in [1.807, 2.05) is 38.1 Å². The van der Waals surface area contributed by atoms with Gasteiger partial charge in [-0.25, -0.2) is 0 Å². The highest BCUT2D eigenvalue weighted by Gasteiger charge is 2.18. The number of ether oxygens (including phenoxy) is 2. The molecule has 2 rings (SSSR count). The van der Waals surface area contributed by atoms with Crippen molar-refractivity contribution in [1.82, 2.24) is 4.57 Å². The first kappa shape index (κ1) is 16.1. The molecule has 1 aromatic heterocycles. The van der Waals surface area contributed by atoms with Gasteiger partial charge < -0.3 is 19.8 Å². The van der Waals surface area contributed by atoms with Gasteiger partial charge in [-0.15, -0.1) is 0 Å². The Morgan fingerprint density at radius 1 is 1.23 bits per heavy atom. The molecule has 118 valence electrons. The van der Waals surface area contributed by atoms with Gasteiger partial charge in [-0.2, -0.15) is 0 Å². The highest BCUT2D eigenvalue weighted by molar-refractivity contribution is 5.75. The fourth-order valence-corrected chi connectivity index (χ4v) is 2.64. The van der Waals surface area contributed by atoms with Crippen molar-refractivity contribution < 1.29 is 14.3 Å². The third-order valence-corrected chi connectivity index (χ3v) is 3.81. The number of esters is 1. The molecule has 0 bridgehead atoms. The maximum absolute atomic E-state index is 11.5. The Labute approximate surface area is 130 Å². The van der Waals surface area contributed by atoms with Crippen molar-refractivity contribution in [3.63, 3.8) is 0 Å². The number of nitrogens with zero attached hydrogens (tertiary/aromatic N) is 1. The molecule has 0 fully saturated rings. The van der Waals surface area contributed by atoms with Crippen molar-refractivity contribution in [2.75, 3.05) is 14.2 Å². The van der Waals surface area contributed by atoms with E-state index in [-0.39, 0.29) is 0 Å². The van der Waals surface area contributed by atoms with E-state index in [4.69, 9.17) is 10.5 Å². The molecule has 0 radical (unpaired) electrons. The summed E-state index contributed by atoms with van der Waals surface area (Å²) >= 11 is 0. The van der Waals surface area contributed by atoms with E-state index in [0.717, 1.165) is 28.4 Å². The standard InChI is InChI=1S/C17H22N2O3/c1-11-9-13(10-16(18)17(20)22-4)12(2)19(11)14-5-7-15(21-3)8-6-14/h5-9,16H,10,18H2,1-4H3. The first-order valence-corrected chi connectivity index (χ1v) is 7.13. The van der Waals surface area contributed by atoms with Crippen LogP contribution in [-0.2, 0) is 16.0 Å². The minimum atomic E-state index is -0.644. The largest absolute Gasteiger partial charge is 0.497 e. The zero-order chi connectivity index (χ0) is 16.3. The average molecular weight is 302 g/mol. The van der Waals surface area contributed by atoms with Crippen LogP contribution in [0.15, 0.2) is 30.3 Å². The molecule has 1 unspecified atom stereocenters. The van der Waals surface area contributed by atoms with Crippen LogP contribution in [0.25, 0.3) is 5.69 Å². The molecule has 2 N–H and O–H groups in total. The number of carbonyl (C=O) groups excluding carboxylic acids is 1. The van der Waals surface area contributed by atoms with Crippen molar-refractivity contribution in [3.05, 3.63) is 47.3 Å². The summed E-state index contributed by atoms with van der Waals surface area (Å²) in [5, 5.41) is 0. The third-order valence-electron chi connectivity index (χ3n) is 3.81. The summed E-state index contributed by atoms with van der Waals surface area (Å²) in [7, 11) is 3.00. The number of methoxy groups -OCH3 is 2. The molecule has 1 atom stereocenters. The Bertz CT molecular complexity index is 659. The molecule has 0 saturated carbocycles. The number of aromatic nitrogens is 1. The summed E-state index contributed by atoms with van der Waals surface area (Å²) in [6.07, 6.45) is 0.461. The highest BCUT2D eigenvalue weighted by Crippen LogP contribution is 2.23. The van der Waals surface area contributed by atoms with Gasteiger partial charge in [0.2, 0.25) is 0 Å². The Morgan fingerprint density at radius 3 is 2.41 bits per heavy atom. The SMILES string of the molecule is COC(=O)C(N)Cc1cc(C)n(-c2ccc(OC)cc2)c1C. The van der Waals surface area contributed by atoms with E-state index in [9.17, 15) is 4.79 Å². The van der Waals surface area contributed by atoms with Crippen molar-refractivity contribution in [1.29, 1.82) is 0 Å². The van der Waals surface area contributed by atoms with Crippen LogP contribution in [0.2, 0.25) is 0 Å². The zero-order valence-electron chi connectivity index (χ0n) is 13.4. The summed E-state index contributed by atoms with van der Waals surface area (Å²) in [6, 6.07) is 9.27. The lowest BCUT2D eigenvalue weighted by molar-refractivity contribution is -0.142. The van der Waals surface area contributed by atoms with Gasteiger partial charge >= 0.3 is 5.97 Å². The lowest BCUT2D eigenvalue weighted by atomic mass is 10.1. The summed E-state index contributed by atoms with van der Waals surface area (Å²) in [4.78, 5) is 11.5. The van der Waals surface area contributed by atoms with E-state index in [0.29, 0.717) is 6.42 Å². The minimum Gasteiger partial charge on any atom is -0.497 e. The molecular weight excluding hydrogens is 280 g/mol. The Morgan fingerprint density at radius 2 is 1.86 bits per heavy atom. The maximum Gasteiger partial charge on any atom is 0.322 e. The van der Waals surface area contributed by atoms with Crippen LogP contribution in [0.5, 0.6) is 5.75 Å². The van der Waals surface area contributed by atoms with Crippen LogP contribution in [0.4, 0.5) is 0 Å². The predicted molar refractivity (Wildman–Crippen MR) is 85.5 cm³/mol. The molecule has 1 heterocycles. The summed E-state index contributed by atoms with van der Waals surface area (Å²) < 4.78 is 12.0. The average Bonchev–Trinajstić information content (AvgIpc) is 2.80. The maximum atomic E-state index is 11.5. The van der Waals surface area contributed by atoms with Crippen molar-refractivity contribution >= 4 is 5.97 Å². The molecule has 0 amide bonds. The molecule has 22 heavy (non-hydrogen) atoms. The fourth-order valence-electron chi connectivity index (χ4n) is 2.64. The normalized spacial score (nSPS) is 12.0. The molecule has 2 aromatic rings. The topological polar surface area (TPSA) is 66.5 Å². The minimum absolute atomic E-state index is 0.394. The number of hydrogen-bond donors (Lipinski definition) is 1. The van der Waals surface area contributed by atoms with Gasteiger partial charge in [0.25, 0.3) is 0 Å². The van der Waals surface area contributed by atoms with Gasteiger partial charge in [0.15, 0.2) is 0 Å². The van der Waals surface area contributed by atoms with Gasteiger partial charge in [-0.05, 0) is 49.7 Å². The molecule has 1 aromatic carbocycles. The Balaban J connectivity index is 2.32. The van der Waals surface area contributed by atoms with E-state index >= 15 is 0 Å². The van der Waals surface area contributed by atoms with Gasteiger partial charge in [0.05, 0.1) is 14.2 Å². The van der Waals surface area contributed by atoms with Crippen LogP contribution in [-0.4, -0.2) is 30.8 Å². The van der Waals surface area contributed by atoms with Crippen LogP contribution < -0.4 is 10.5 Å². The fraction of sp³-hybridized carbons (Fsp3) is 0.353. The van der Waals surface area contributed by atoms with E-state index in [1.165, 1.54) is 7.11 Å². The van der Waals surface area contributed by atoms with Crippen LogP contribution in [0.1, 0.15) is 17.0 Å². The van der Waals surface area contributed by atoms with Crippen LogP contribution >= 0.6 is 0 Å². The summed E-state index contributed by atoms with van der Waals surface area (Å²) in [5.74, 6) is 0.424.